The van der Waals surface area contributed by atoms with E-state index in [4.69, 9.17) is 0 Å². The van der Waals surface area contributed by atoms with E-state index in [0.29, 0.717) is 5.75 Å². The molecule has 0 amide bonds. The minimum absolute atomic E-state index is 0.275. The maximum Gasteiger partial charge on any atom is 0.118 e. The lowest BCUT2D eigenvalue weighted by molar-refractivity contribution is 0.469. The van der Waals surface area contributed by atoms with E-state index >= 15 is 0 Å². The predicted molar refractivity (Wildman–Crippen MR) is 90.0 cm³/mol. The lowest BCUT2D eigenvalue weighted by Crippen LogP contribution is -1.85. The molecule has 0 saturated carbocycles. The van der Waals surface area contributed by atoms with Gasteiger partial charge in [0.05, 0.1) is 0 Å². The molecule has 0 unspecified atom stereocenters. The number of aromatic hydroxyl groups is 2. The molecule has 0 aliphatic heterocycles. The lowest BCUT2D eigenvalue weighted by Gasteiger charge is -2.08. The van der Waals surface area contributed by atoms with Crippen molar-refractivity contribution in [2.75, 3.05) is 0 Å². The van der Waals surface area contributed by atoms with Gasteiger partial charge in [0.25, 0.3) is 0 Å². The quantitative estimate of drug-likeness (QED) is 0.713. The van der Waals surface area contributed by atoms with Crippen molar-refractivity contribution in [3.63, 3.8) is 0 Å². The molecule has 2 nitrogen and oxygen atoms in total. The number of hydrogen-bond acceptors (Lipinski definition) is 2. The molecule has 22 heavy (non-hydrogen) atoms. The first-order chi connectivity index (χ1) is 10.7. The largest absolute Gasteiger partial charge is 0.508 e. The Morgan fingerprint density at radius 3 is 1.64 bits per heavy atom. The van der Waals surface area contributed by atoms with Gasteiger partial charge in [-0.05, 0) is 58.5 Å². The van der Waals surface area contributed by atoms with Crippen LogP contribution in [0.1, 0.15) is 12.5 Å². The lowest BCUT2D eigenvalue weighted by atomic mass is 9.98. The SMILES string of the molecule is CCc1cc(-c2ccc(-c3ccc(O)cc3)cc2)ccc1O. The van der Waals surface area contributed by atoms with Crippen LogP contribution < -0.4 is 0 Å². The smallest absolute Gasteiger partial charge is 0.118 e. The first-order valence-electron chi connectivity index (χ1n) is 7.39. The van der Waals surface area contributed by atoms with Gasteiger partial charge in [-0.3, -0.25) is 0 Å². The second-order valence-corrected chi connectivity index (χ2v) is 5.32. The molecular formula is C20H18O2. The maximum atomic E-state index is 9.78. The molecule has 0 atom stereocenters. The molecule has 2 N–H and O–H groups in total. The van der Waals surface area contributed by atoms with E-state index < -0.39 is 0 Å². The highest BCUT2D eigenvalue weighted by molar-refractivity contribution is 5.71. The van der Waals surface area contributed by atoms with Crippen LogP contribution in [0.5, 0.6) is 11.5 Å². The van der Waals surface area contributed by atoms with Crippen molar-refractivity contribution in [3.05, 3.63) is 72.3 Å². The van der Waals surface area contributed by atoms with E-state index in [9.17, 15) is 10.2 Å². The monoisotopic (exact) mass is 290 g/mol. The fraction of sp³-hybridized carbons (Fsp3) is 0.100. The number of rotatable bonds is 3. The maximum absolute atomic E-state index is 9.78. The van der Waals surface area contributed by atoms with Gasteiger partial charge in [-0.15, -0.1) is 0 Å². The molecule has 3 aromatic carbocycles. The van der Waals surface area contributed by atoms with Gasteiger partial charge in [0, 0.05) is 0 Å². The van der Waals surface area contributed by atoms with Crippen molar-refractivity contribution >= 4 is 0 Å². The number of phenols is 2. The van der Waals surface area contributed by atoms with Crippen molar-refractivity contribution in [1.29, 1.82) is 0 Å². The number of hydrogen-bond donors (Lipinski definition) is 2. The van der Waals surface area contributed by atoms with Crippen molar-refractivity contribution in [2.45, 2.75) is 13.3 Å². The normalized spacial score (nSPS) is 10.6. The molecule has 0 saturated heterocycles. The van der Waals surface area contributed by atoms with Crippen LogP contribution in [0.3, 0.4) is 0 Å². The van der Waals surface area contributed by atoms with Crippen LogP contribution in [0, 0.1) is 0 Å². The molecule has 0 heterocycles. The Kier molecular flexibility index (Phi) is 3.84. The predicted octanol–water partition coefficient (Wildman–Crippen LogP) is 4.99. The molecule has 0 aliphatic carbocycles. The third-order valence-electron chi connectivity index (χ3n) is 3.88. The zero-order valence-electron chi connectivity index (χ0n) is 12.5. The van der Waals surface area contributed by atoms with E-state index in [0.717, 1.165) is 34.2 Å². The molecule has 110 valence electrons. The van der Waals surface area contributed by atoms with Crippen LogP contribution in [0.25, 0.3) is 22.3 Å². The summed E-state index contributed by atoms with van der Waals surface area (Å²) in [5, 5.41) is 19.1. The van der Waals surface area contributed by atoms with Crippen LogP contribution in [-0.2, 0) is 6.42 Å². The van der Waals surface area contributed by atoms with E-state index in [-0.39, 0.29) is 5.75 Å². The van der Waals surface area contributed by atoms with Gasteiger partial charge < -0.3 is 10.2 Å². The summed E-state index contributed by atoms with van der Waals surface area (Å²) in [7, 11) is 0. The Balaban J connectivity index is 1.92. The fourth-order valence-corrected chi connectivity index (χ4v) is 2.56. The standard InChI is InChI=1S/C20H18O2/c1-2-14-13-18(9-12-20(14)22)17-5-3-15(4-6-17)16-7-10-19(21)11-8-16/h3-13,21-22H,2H2,1H3. The van der Waals surface area contributed by atoms with Crippen LogP contribution in [-0.4, -0.2) is 10.2 Å². The van der Waals surface area contributed by atoms with Gasteiger partial charge in [-0.2, -0.15) is 0 Å². The molecule has 0 aromatic heterocycles. The van der Waals surface area contributed by atoms with Crippen LogP contribution in [0.4, 0.5) is 0 Å². The third kappa shape index (κ3) is 2.82. The fourth-order valence-electron chi connectivity index (χ4n) is 2.56. The summed E-state index contributed by atoms with van der Waals surface area (Å²) in [5.74, 6) is 0.628. The molecule has 0 fully saturated rings. The minimum Gasteiger partial charge on any atom is -0.508 e. The van der Waals surface area contributed by atoms with E-state index in [1.807, 2.05) is 31.2 Å². The molecule has 3 rings (SSSR count). The highest BCUT2D eigenvalue weighted by Crippen LogP contribution is 2.29. The third-order valence-corrected chi connectivity index (χ3v) is 3.88. The van der Waals surface area contributed by atoms with Gasteiger partial charge in [0.2, 0.25) is 0 Å². The van der Waals surface area contributed by atoms with Crippen molar-refractivity contribution < 1.29 is 10.2 Å². The summed E-state index contributed by atoms with van der Waals surface area (Å²) in [4.78, 5) is 0. The molecule has 2 heteroatoms. The van der Waals surface area contributed by atoms with Gasteiger partial charge in [-0.1, -0.05) is 49.4 Å². The summed E-state index contributed by atoms with van der Waals surface area (Å²) < 4.78 is 0. The topological polar surface area (TPSA) is 40.5 Å². The second-order valence-electron chi connectivity index (χ2n) is 5.32. The number of aryl methyl sites for hydroxylation is 1. The number of phenolic OH excluding ortho intramolecular Hbond substituents is 2. The Morgan fingerprint density at radius 2 is 1.09 bits per heavy atom. The van der Waals surface area contributed by atoms with E-state index in [1.165, 1.54) is 0 Å². The number of benzene rings is 3. The minimum atomic E-state index is 0.275. The molecular weight excluding hydrogens is 272 g/mol. The Bertz CT molecular complexity index is 772. The van der Waals surface area contributed by atoms with Crippen LogP contribution in [0.2, 0.25) is 0 Å². The van der Waals surface area contributed by atoms with Crippen LogP contribution in [0.15, 0.2) is 66.7 Å². The molecule has 0 bridgehead atoms. The average molecular weight is 290 g/mol. The van der Waals surface area contributed by atoms with Crippen LogP contribution >= 0.6 is 0 Å². The summed E-state index contributed by atoms with van der Waals surface area (Å²) >= 11 is 0. The Hall–Kier alpha value is -2.74. The molecule has 0 radical (unpaired) electrons. The van der Waals surface area contributed by atoms with Crippen molar-refractivity contribution in [3.8, 4) is 33.8 Å². The van der Waals surface area contributed by atoms with Gasteiger partial charge in [0.15, 0.2) is 0 Å². The molecule has 3 aromatic rings. The van der Waals surface area contributed by atoms with Crippen molar-refractivity contribution in [1.82, 2.24) is 0 Å². The van der Waals surface area contributed by atoms with E-state index in [2.05, 4.69) is 24.3 Å². The molecule has 0 aliphatic rings. The first-order valence-corrected chi connectivity index (χ1v) is 7.39. The highest BCUT2D eigenvalue weighted by Gasteiger charge is 2.04. The Labute approximate surface area is 130 Å². The average Bonchev–Trinajstić information content (AvgIpc) is 2.56. The molecule has 0 spiro atoms. The summed E-state index contributed by atoms with van der Waals surface area (Å²) in [6.45, 7) is 2.03. The van der Waals surface area contributed by atoms with Gasteiger partial charge in [0.1, 0.15) is 11.5 Å². The van der Waals surface area contributed by atoms with Gasteiger partial charge in [-0.25, -0.2) is 0 Å². The van der Waals surface area contributed by atoms with Gasteiger partial charge >= 0.3 is 0 Å². The first kappa shape index (κ1) is 14.2. The Morgan fingerprint density at radius 1 is 0.636 bits per heavy atom. The zero-order valence-corrected chi connectivity index (χ0v) is 12.5. The highest BCUT2D eigenvalue weighted by atomic mass is 16.3. The summed E-state index contributed by atoms with van der Waals surface area (Å²) in [6.07, 6.45) is 0.811. The van der Waals surface area contributed by atoms with E-state index in [1.54, 1.807) is 18.2 Å². The summed E-state index contributed by atoms with van der Waals surface area (Å²) in [5.41, 5.74) is 5.37. The summed E-state index contributed by atoms with van der Waals surface area (Å²) in [6, 6.07) is 21.2. The van der Waals surface area contributed by atoms with Crippen molar-refractivity contribution in [2.24, 2.45) is 0 Å². The second kappa shape index (κ2) is 5.94. The zero-order chi connectivity index (χ0) is 15.5.